The minimum Gasteiger partial charge on any atom is -0.468 e. The summed E-state index contributed by atoms with van der Waals surface area (Å²) in [5.41, 5.74) is -0.207. The molecule has 0 bridgehead atoms. The first-order valence-corrected chi connectivity index (χ1v) is 3.87. The van der Waals surface area contributed by atoms with Gasteiger partial charge in [-0.25, -0.2) is 0 Å². The molecule has 12 heavy (non-hydrogen) atoms. The molecule has 0 aromatic rings. The molecule has 0 aromatic carbocycles. The molecule has 0 saturated carbocycles. The van der Waals surface area contributed by atoms with Gasteiger partial charge in [0.25, 0.3) is 0 Å². The van der Waals surface area contributed by atoms with E-state index in [1.54, 1.807) is 0 Å². The number of nitrogens with one attached hydrogen (secondary N) is 1. The summed E-state index contributed by atoms with van der Waals surface area (Å²) in [6, 6.07) is -0.630. The third kappa shape index (κ3) is 4.31. The maximum Gasteiger partial charge on any atom is 0.325 e. The van der Waals surface area contributed by atoms with Crippen LogP contribution in [0.15, 0.2) is 0 Å². The van der Waals surface area contributed by atoms with E-state index >= 15 is 0 Å². The number of carbonyl (C=O) groups is 1. The second kappa shape index (κ2) is 4.42. The van der Waals surface area contributed by atoms with Crippen LogP contribution in [-0.4, -0.2) is 36.4 Å². The smallest absolute Gasteiger partial charge is 0.325 e. The van der Waals surface area contributed by atoms with Crippen LogP contribution in [0.5, 0.6) is 0 Å². The van der Waals surface area contributed by atoms with Crippen LogP contribution in [0.2, 0.25) is 0 Å². The van der Waals surface area contributed by atoms with Gasteiger partial charge in [0.15, 0.2) is 0 Å². The highest BCUT2D eigenvalue weighted by molar-refractivity contribution is 5.75. The zero-order chi connectivity index (χ0) is 9.78. The quantitative estimate of drug-likeness (QED) is 0.588. The molecule has 0 aliphatic carbocycles. The highest BCUT2D eigenvalue weighted by atomic mass is 16.5. The van der Waals surface area contributed by atoms with Gasteiger partial charge in [-0.3, -0.25) is 10.1 Å². The second-order valence-electron chi connectivity index (χ2n) is 3.65. The number of methoxy groups -OCH3 is 1. The first-order valence-electron chi connectivity index (χ1n) is 3.87. The first kappa shape index (κ1) is 11.4. The Morgan fingerprint density at radius 1 is 1.58 bits per heavy atom. The Morgan fingerprint density at radius 3 is 2.33 bits per heavy atom. The van der Waals surface area contributed by atoms with Crippen molar-refractivity contribution in [3.8, 4) is 0 Å². The van der Waals surface area contributed by atoms with Gasteiger partial charge >= 0.3 is 5.97 Å². The molecule has 2 N–H and O–H groups in total. The van der Waals surface area contributed by atoms with Crippen LogP contribution in [-0.2, 0) is 9.53 Å². The number of hydrogen-bond acceptors (Lipinski definition) is 4. The third-order valence-corrected chi connectivity index (χ3v) is 1.28. The largest absolute Gasteiger partial charge is 0.468 e. The molecule has 1 unspecified atom stereocenters. The van der Waals surface area contributed by atoms with Crippen LogP contribution in [0.3, 0.4) is 0 Å². The van der Waals surface area contributed by atoms with E-state index in [4.69, 9.17) is 5.11 Å². The van der Waals surface area contributed by atoms with Gasteiger partial charge in [0.05, 0.1) is 13.7 Å². The predicted octanol–water partition coefficient (Wildman–Crippen LogP) is -0.0916. The van der Waals surface area contributed by atoms with Gasteiger partial charge in [0.1, 0.15) is 6.04 Å². The monoisotopic (exact) mass is 175 g/mol. The standard InChI is InChI=1S/C8H17NO3/c1-8(2,3)9-6(5-10)7(11)12-4/h6,9-10H,5H2,1-4H3. The normalized spacial score (nSPS) is 14.1. The highest BCUT2D eigenvalue weighted by Gasteiger charge is 2.23. The average Bonchev–Trinajstić information content (AvgIpc) is 1.97. The molecule has 0 aliphatic rings. The lowest BCUT2D eigenvalue weighted by molar-refractivity contribution is -0.144. The lowest BCUT2D eigenvalue weighted by Gasteiger charge is -2.25. The number of carbonyl (C=O) groups excluding carboxylic acids is 1. The Bertz CT molecular complexity index is 151. The summed E-state index contributed by atoms with van der Waals surface area (Å²) >= 11 is 0. The van der Waals surface area contributed by atoms with E-state index in [0.717, 1.165) is 0 Å². The van der Waals surface area contributed by atoms with Gasteiger partial charge < -0.3 is 9.84 Å². The van der Waals surface area contributed by atoms with Gasteiger partial charge in [-0.1, -0.05) is 0 Å². The lowest BCUT2D eigenvalue weighted by Crippen LogP contribution is -2.50. The van der Waals surface area contributed by atoms with Crippen LogP contribution in [0.25, 0.3) is 0 Å². The van der Waals surface area contributed by atoms with Crippen LogP contribution < -0.4 is 5.32 Å². The Kier molecular flexibility index (Phi) is 4.20. The first-order chi connectivity index (χ1) is 5.40. The van der Waals surface area contributed by atoms with E-state index in [1.807, 2.05) is 20.8 Å². The van der Waals surface area contributed by atoms with Crippen LogP contribution >= 0.6 is 0 Å². The topological polar surface area (TPSA) is 58.6 Å². The maximum absolute atomic E-state index is 11.0. The fraction of sp³-hybridized carbons (Fsp3) is 0.875. The van der Waals surface area contributed by atoms with Gasteiger partial charge in [-0.15, -0.1) is 0 Å². The molecule has 72 valence electrons. The fourth-order valence-electron chi connectivity index (χ4n) is 0.844. The van der Waals surface area contributed by atoms with Crippen molar-refractivity contribution in [1.29, 1.82) is 0 Å². The van der Waals surface area contributed by atoms with Gasteiger partial charge in [-0.05, 0) is 20.8 Å². The molecule has 0 radical (unpaired) electrons. The van der Waals surface area contributed by atoms with Gasteiger partial charge in [0, 0.05) is 5.54 Å². The summed E-state index contributed by atoms with van der Waals surface area (Å²) in [6.45, 7) is 5.50. The molecule has 0 heterocycles. The molecule has 0 spiro atoms. The molecule has 0 amide bonds. The van der Waals surface area contributed by atoms with Crippen molar-refractivity contribution in [3.05, 3.63) is 0 Å². The maximum atomic E-state index is 11.0. The Balaban J connectivity index is 4.09. The molecular weight excluding hydrogens is 158 g/mol. The van der Waals surface area contributed by atoms with Crippen molar-refractivity contribution in [2.24, 2.45) is 0 Å². The van der Waals surface area contributed by atoms with Crippen molar-refractivity contribution in [2.75, 3.05) is 13.7 Å². The number of rotatable bonds is 3. The molecule has 4 heteroatoms. The van der Waals surface area contributed by atoms with Crippen molar-refractivity contribution in [1.82, 2.24) is 5.32 Å². The zero-order valence-electron chi connectivity index (χ0n) is 8.05. The predicted molar refractivity (Wildman–Crippen MR) is 45.8 cm³/mol. The van der Waals surface area contributed by atoms with E-state index in [0.29, 0.717) is 0 Å². The third-order valence-electron chi connectivity index (χ3n) is 1.28. The fourth-order valence-corrected chi connectivity index (χ4v) is 0.844. The Hall–Kier alpha value is -0.610. The van der Waals surface area contributed by atoms with E-state index in [2.05, 4.69) is 10.1 Å². The number of esters is 1. The van der Waals surface area contributed by atoms with E-state index in [1.165, 1.54) is 7.11 Å². The Morgan fingerprint density at radius 2 is 2.08 bits per heavy atom. The average molecular weight is 175 g/mol. The zero-order valence-corrected chi connectivity index (χ0v) is 8.05. The van der Waals surface area contributed by atoms with Crippen LogP contribution in [0, 0.1) is 0 Å². The molecular formula is C8H17NO3. The Labute approximate surface area is 72.9 Å². The molecule has 0 aromatic heterocycles. The summed E-state index contributed by atoms with van der Waals surface area (Å²) in [5, 5.41) is 11.8. The summed E-state index contributed by atoms with van der Waals surface area (Å²) in [5.74, 6) is -0.438. The van der Waals surface area contributed by atoms with Crippen molar-refractivity contribution < 1.29 is 14.6 Å². The minimum absolute atomic E-state index is 0.207. The SMILES string of the molecule is COC(=O)C(CO)NC(C)(C)C. The number of ether oxygens (including phenoxy) is 1. The highest BCUT2D eigenvalue weighted by Crippen LogP contribution is 2.01. The summed E-state index contributed by atoms with van der Waals surface area (Å²) in [6.07, 6.45) is 0. The van der Waals surface area contributed by atoms with Crippen molar-refractivity contribution in [2.45, 2.75) is 32.4 Å². The van der Waals surface area contributed by atoms with Crippen LogP contribution in [0.1, 0.15) is 20.8 Å². The number of aliphatic hydroxyl groups excluding tert-OH is 1. The van der Waals surface area contributed by atoms with Gasteiger partial charge in [0.2, 0.25) is 0 Å². The van der Waals surface area contributed by atoms with Gasteiger partial charge in [-0.2, -0.15) is 0 Å². The molecule has 0 fully saturated rings. The molecule has 1 atom stereocenters. The molecule has 4 nitrogen and oxygen atoms in total. The minimum atomic E-state index is -0.630. The van der Waals surface area contributed by atoms with E-state index < -0.39 is 12.0 Å². The van der Waals surface area contributed by atoms with E-state index in [9.17, 15) is 4.79 Å². The van der Waals surface area contributed by atoms with Crippen LogP contribution in [0.4, 0.5) is 0 Å². The summed E-state index contributed by atoms with van der Waals surface area (Å²) in [7, 11) is 1.30. The molecule has 0 saturated heterocycles. The number of hydrogen-bond donors (Lipinski definition) is 2. The van der Waals surface area contributed by atoms with E-state index in [-0.39, 0.29) is 12.1 Å². The summed E-state index contributed by atoms with van der Waals surface area (Å²) in [4.78, 5) is 11.0. The summed E-state index contributed by atoms with van der Waals surface area (Å²) < 4.78 is 4.49. The molecule has 0 aliphatic heterocycles. The number of aliphatic hydroxyl groups is 1. The van der Waals surface area contributed by atoms with Crippen molar-refractivity contribution in [3.63, 3.8) is 0 Å². The second-order valence-corrected chi connectivity index (χ2v) is 3.65. The lowest BCUT2D eigenvalue weighted by atomic mass is 10.1. The molecule has 0 rings (SSSR count). The van der Waals surface area contributed by atoms with Crippen molar-refractivity contribution >= 4 is 5.97 Å².